The maximum absolute atomic E-state index is 12.1. The van der Waals surface area contributed by atoms with E-state index in [0.717, 1.165) is 20.5 Å². The molecule has 1 heterocycles. The molecule has 0 spiro atoms. The first-order valence-corrected chi connectivity index (χ1v) is 6.98. The van der Waals surface area contributed by atoms with Crippen molar-refractivity contribution in [3.8, 4) is 0 Å². The summed E-state index contributed by atoms with van der Waals surface area (Å²) in [5.74, 6) is -0.133. The van der Waals surface area contributed by atoms with Gasteiger partial charge < -0.3 is 5.32 Å². The van der Waals surface area contributed by atoms with Gasteiger partial charge >= 0.3 is 0 Å². The fourth-order valence-electron chi connectivity index (χ4n) is 1.64. The van der Waals surface area contributed by atoms with Gasteiger partial charge in [0.15, 0.2) is 0 Å². The highest BCUT2D eigenvalue weighted by molar-refractivity contribution is 9.10. The normalized spacial score (nSPS) is 10.3. The summed E-state index contributed by atoms with van der Waals surface area (Å²) in [6.07, 6.45) is 3.50. The van der Waals surface area contributed by atoms with Crippen LogP contribution in [0.4, 0.5) is 0 Å². The molecule has 0 fully saturated rings. The molecule has 2 rings (SSSR count). The quantitative estimate of drug-likeness (QED) is 0.844. The molecule has 1 aromatic carbocycles. The van der Waals surface area contributed by atoms with Crippen LogP contribution >= 0.6 is 28.6 Å². The van der Waals surface area contributed by atoms with Gasteiger partial charge in [0.25, 0.3) is 5.91 Å². The molecule has 1 N–H and O–H groups in total. The number of hydrogen-bond donors (Lipinski definition) is 2. The van der Waals surface area contributed by atoms with E-state index in [9.17, 15) is 4.79 Å². The Morgan fingerprint density at radius 3 is 2.95 bits per heavy atom. The lowest BCUT2D eigenvalue weighted by molar-refractivity contribution is 0.0950. The van der Waals surface area contributed by atoms with E-state index < -0.39 is 0 Å². The minimum absolute atomic E-state index is 0.133. The van der Waals surface area contributed by atoms with Crippen LogP contribution in [0.15, 0.2) is 46.0 Å². The number of carbonyl (C=O) groups is 1. The second kappa shape index (κ2) is 6.21. The molecule has 0 bridgehead atoms. The summed E-state index contributed by atoms with van der Waals surface area (Å²) < 4.78 is 0.755. The van der Waals surface area contributed by atoms with E-state index in [2.05, 4.69) is 38.9 Å². The number of aromatic nitrogens is 1. The lowest BCUT2D eigenvalue weighted by Gasteiger charge is -2.09. The van der Waals surface area contributed by atoms with E-state index >= 15 is 0 Å². The second-order valence-electron chi connectivity index (χ2n) is 4.15. The molecule has 3 nitrogen and oxygen atoms in total. The molecule has 0 radical (unpaired) electrons. The average Bonchev–Trinajstić information content (AvgIpc) is 2.40. The summed E-state index contributed by atoms with van der Waals surface area (Å²) in [7, 11) is 0. The third-order valence-corrected chi connectivity index (χ3v) is 3.75. The Labute approximate surface area is 126 Å². The van der Waals surface area contributed by atoms with E-state index in [1.54, 1.807) is 18.5 Å². The third-order valence-electron chi connectivity index (χ3n) is 2.78. The minimum atomic E-state index is -0.133. The molecule has 98 valence electrons. The van der Waals surface area contributed by atoms with Gasteiger partial charge in [-0.05, 0) is 58.2 Å². The molecule has 0 aliphatic rings. The summed E-state index contributed by atoms with van der Waals surface area (Å²) in [5.41, 5.74) is 2.69. The number of aryl methyl sites for hydroxylation is 1. The molecule has 0 aliphatic heterocycles. The molecule has 0 atom stereocenters. The van der Waals surface area contributed by atoms with Crippen LogP contribution in [0.2, 0.25) is 0 Å². The van der Waals surface area contributed by atoms with Gasteiger partial charge in [0, 0.05) is 28.3 Å². The van der Waals surface area contributed by atoms with E-state index in [1.807, 2.05) is 25.1 Å². The van der Waals surface area contributed by atoms with E-state index in [1.165, 1.54) is 0 Å². The van der Waals surface area contributed by atoms with Crippen LogP contribution in [0, 0.1) is 6.92 Å². The van der Waals surface area contributed by atoms with Crippen molar-refractivity contribution in [3.63, 3.8) is 0 Å². The number of nitrogens with zero attached hydrogens (tertiary/aromatic N) is 1. The van der Waals surface area contributed by atoms with Crippen molar-refractivity contribution < 1.29 is 4.79 Å². The number of benzene rings is 1. The largest absolute Gasteiger partial charge is 0.348 e. The molecule has 19 heavy (non-hydrogen) atoms. The topological polar surface area (TPSA) is 42.0 Å². The van der Waals surface area contributed by atoms with Gasteiger partial charge in [-0.3, -0.25) is 9.78 Å². The highest BCUT2D eigenvalue weighted by Crippen LogP contribution is 2.20. The summed E-state index contributed by atoms with van der Waals surface area (Å²) in [6.45, 7) is 2.45. The lowest BCUT2D eigenvalue weighted by Crippen LogP contribution is -2.23. The molecule has 0 saturated carbocycles. The van der Waals surface area contributed by atoms with Crippen molar-refractivity contribution in [3.05, 3.63) is 57.8 Å². The van der Waals surface area contributed by atoms with Crippen molar-refractivity contribution in [2.24, 2.45) is 0 Å². The van der Waals surface area contributed by atoms with Gasteiger partial charge in [0.05, 0.1) is 5.56 Å². The van der Waals surface area contributed by atoms with Crippen LogP contribution in [0.5, 0.6) is 0 Å². The van der Waals surface area contributed by atoms with Crippen molar-refractivity contribution in [2.45, 2.75) is 18.4 Å². The van der Waals surface area contributed by atoms with Crippen LogP contribution in [0.3, 0.4) is 0 Å². The van der Waals surface area contributed by atoms with Crippen LogP contribution in [0.25, 0.3) is 0 Å². The first-order valence-electron chi connectivity index (χ1n) is 5.74. The number of amides is 1. The predicted molar refractivity (Wildman–Crippen MR) is 81.5 cm³/mol. The van der Waals surface area contributed by atoms with Gasteiger partial charge in [-0.2, -0.15) is 0 Å². The van der Waals surface area contributed by atoms with E-state index in [-0.39, 0.29) is 5.91 Å². The van der Waals surface area contributed by atoms with Crippen molar-refractivity contribution in [1.29, 1.82) is 0 Å². The van der Waals surface area contributed by atoms with E-state index in [4.69, 9.17) is 0 Å². The number of nitrogens with one attached hydrogen (secondary N) is 1. The number of rotatable bonds is 3. The Bertz CT molecular complexity index is 616. The number of pyridine rings is 1. The van der Waals surface area contributed by atoms with Gasteiger partial charge in [-0.15, -0.1) is 12.6 Å². The predicted octanol–water partition coefficient (Wildman–Crippen LogP) is 3.37. The zero-order chi connectivity index (χ0) is 13.8. The zero-order valence-corrected chi connectivity index (χ0v) is 12.8. The number of hydrogen-bond acceptors (Lipinski definition) is 3. The first kappa shape index (κ1) is 14.1. The Balaban J connectivity index is 2.10. The van der Waals surface area contributed by atoms with Crippen molar-refractivity contribution >= 4 is 34.5 Å². The fourth-order valence-corrected chi connectivity index (χ4v) is 2.27. The van der Waals surface area contributed by atoms with Gasteiger partial charge in [0.2, 0.25) is 0 Å². The average molecular weight is 337 g/mol. The number of thiol groups is 1. The van der Waals surface area contributed by atoms with Crippen molar-refractivity contribution in [1.82, 2.24) is 10.3 Å². The zero-order valence-electron chi connectivity index (χ0n) is 10.4. The molecule has 0 aliphatic carbocycles. The van der Waals surface area contributed by atoms with Gasteiger partial charge in [-0.1, -0.05) is 0 Å². The molecule has 1 amide bonds. The van der Waals surface area contributed by atoms with Gasteiger partial charge in [0.1, 0.15) is 0 Å². The maximum Gasteiger partial charge on any atom is 0.252 e. The SMILES string of the molecule is Cc1ccncc1CNC(=O)c1cc(S)ccc1Br. The summed E-state index contributed by atoms with van der Waals surface area (Å²) in [5, 5.41) is 2.88. The fraction of sp³-hybridized carbons (Fsp3) is 0.143. The third kappa shape index (κ3) is 3.58. The molecule has 5 heteroatoms. The number of carbonyl (C=O) groups excluding carboxylic acids is 1. The Morgan fingerprint density at radius 1 is 1.42 bits per heavy atom. The van der Waals surface area contributed by atoms with Gasteiger partial charge in [-0.25, -0.2) is 0 Å². The monoisotopic (exact) mass is 336 g/mol. The Hall–Kier alpha value is -1.33. The van der Waals surface area contributed by atoms with Crippen LogP contribution in [0.1, 0.15) is 21.5 Å². The smallest absolute Gasteiger partial charge is 0.252 e. The molecule has 0 unspecified atom stereocenters. The molecule has 1 aromatic heterocycles. The Morgan fingerprint density at radius 2 is 2.21 bits per heavy atom. The molecule has 0 saturated heterocycles. The molecular weight excluding hydrogens is 324 g/mol. The second-order valence-corrected chi connectivity index (χ2v) is 5.52. The first-order chi connectivity index (χ1) is 9.08. The molecular formula is C14H13BrN2OS. The van der Waals surface area contributed by atoms with E-state index in [0.29, 0.717) is 12.1 Å². The highest BCUT2D eigenvalue weighted by atomic mass is 79.9. The van der Waals surface area contributed by atoms with Crippen LogP contribution < -0.4 is 5.32 Å². The summed E-state index contributed by atoms with van der Waals surface area (Å²) in [4.78, 5) is 16.9. The lowest BCUT2D eigenvalue weighted by atomic mass is 10.1. The van der Waals surface area contributed by atoms with Crippen LogP contribution in [-0.4, -0.2) is 10.9 Å². The van der Waals surface area contributed by atoms with Crippen molar-refractivity contribution in [2.75, 3.05) is 0 Å². The molecule has 2 aromatic rings. The Kier molecular flexibility index (Phi) is 4.61. The van der Waals surface area contributed by atoms with Crippen LogP contribution in [-0.2, 0) is 6.54 Å². The maximum atomic E-state index is 12.1. The highest BCUT2D eigenvalue weighted by Gasteiger charge is 2.10. The minimum Gasteiger partial charge on any atom is -0.348 e. The standard InChI is InChI=1S/C14H13BrN2OS/c1-9-4-5-16-7-10(9)8-17-14(18)12-6-11(19)2-3-13(12)15/h2-7,19H,8H2,1H3,(H,17,18). The number of halogens is 1. The summed E-state index contributed by atoms with van der Waals surface area (Å²) in [6, 6.07) is 7.30. The summed E-state index contributed by atoms with van der Waals surface area (Å²) >= 11 is 7.60.